The van der Waals surface area contributed by atoms with Crippen molar-refractivity contribution in [1.82, 2.24) is 5.32 Å². The third kappa shape index (κ3) is 4.49. The minimum atomic E-state index is 0.0992. The smallest absolute Gasteiger partial charge is 0.228 e. The van der Waals surface area contributed by atoms with E-state index in [9.17, 15) is 4.79 Å². The van der Waals surface area contributed by atoms with Gasteiger partial charge in [-0.3, -0.25) is 4.79 Å². The minimum absolute atomic E-state index is 0.0992. The number of hydrogen-bond donors (Lipinski definition) is 2. The van der Waals surface area contributed by atoms with Gasteiger partial charge in [-0.15, -0.1) is 0 Å². The number of allylic oxidation sites excluding steroid dienone is 1. The first-order valence-electron chi connectivity index (χ1n) is 7.56. The lowest BCUT2D eigenvalue weighted by molar-refractivity contribution is -0.115. The number of rotatable bonds is 6. The van der Waals surface area contributed by atoms with Crippen LogP contribution in [0.15, 0.2) is 35.9 Å². The molecule has 0 atom stereocenters. The highest BCUT2D eigenvalue weighted by Gasteiger charge is 2.10. The molecule has 1 aromatic carbocycles. The Morgan fingerprint density at radius 1 is 1.25 bits per heavy atom. The highest BCUT2D eigenvalue weighted by atomic mass is 16.1. The first kappa shape index (κ1) is 14.8. The highest BCUT2D eigenvalue weighted by molar-refractivity contribution is 5.93. The fourth-order valence-electron chi connectivity index (χ4n) is 2.52. The van der Waals surface area contributed by atoms with Crippen LogP contribution in [0.3, 0.4) is 0 Å². The Bertz CT molecular complexity index is 480. The number of anilines is 1. The summed E-state index contributed by atoms with van der Waals surface area (Å²) in [5.41, 5.74) is 3.35. The Morgan fingerprint density at radius 2 is 2.10 bits per heavy atom. The standard InChI is InChI=1S/C17H24N2O/c1-2-18-13-15-10-6-7-11-16(15)19-17(20)12-14-8-4-3-5-9-14/h6-8,10-11,18H,2-5,9,12-13H2,1H3,(H,19,20). The van der Waals surface area contributed by atoms with Crippen molar-refractivity contribution in [3.8, 4) is 0 Å². The van der Waals surface area contributed by atoms with Crippen LogP contribution in [-0.2, 0) is 11.3 Å². The average Bonchev–Trinajstić information content (AvgIpc) is 2.47. The lowest BCUT2D eigenvalue weighted by atomic mass is 9.97. The van der Waals surface area contributed by atoms with E-state index in [0.717, 1.165) is 37.2 Å². The second kappa shape index (κ2) is 7.85. The molecule has 1 aliphatic carbocycles. The summed E-state index contributed by atoms with van der Waals surface area (Å²) in [5, 5.41) is 6.34. The van der Waals surface area contributed by atoms with Gasteiger partial charge >= 0.3 is 0 Å². The molecule has 0 saturated heterocycles. The van der Waals surface area contributed by atoms with Gasteiger partial charge in [-0.2, -0.15) is 0 Å². The van der Waals surface area contributed by atoms with Crippen LogP contribution in [0.1, 0.15) is 44.6 Å². The van der Waals surface area contributed by atoms with E-state index in [2.05, 4.69) is 29.7 Å². The maximum Gasteiger partial charge on any atom is 0.228 e. The number of para-hydroxylation sites is 1. The Kier molecular flexibility index (Phi) is 5.81. The van der Waals surface area contributed by atoms with E-state index < -0.39 is 0 Å². The zero-order chi connectivity index (χ0) is 14.2. The van der Waals surface area contributed by atoms with Gasteiger partial charge in [0.25, 0.3) is 0 Å². The van der Waals surface area contributed by atoms with Crippen molar-refractivity contribution in [2.75, 3.05) is 11.9 Å². The lowest BCUT2D eigenvalue weighted by Gasteiger charge is -2.14. The fourth-order valence-corrected chi connectivity index (χ4v) is 2.52. The zero-order valence-corrected chi connectivity index (χ0v) is 12.2. The second-order valence-electron chi connectivity index (χ2n) is 5.27. The van der Waals surface area contributed by atoms with Gasteiger partial charge in [-0.25, -0.2) is 0 Å². The van der Waals surface area contributed by atoms with Gasteiger partial charge in [0.1, 0.15) is 0 Å². The van der Waals surface area contributed by atoms with Gasteiger partial charge in [0.2, 0.25) is 5.91 Å². The summed E-state index contributed by atoms with van der Waals surface area (Å²) in [4.78, 5) is 12.1. The van der Waals surface area contributed by atoms with E-state index in [0.29, 0.717) is 6.42 Å². The molecular formula is C17H24N2O. The predicted molar refractivity (Wildman–Crippen MR) is 83.6 cm³/mol. The van der Waals surface area contributed by atoms with Crippen LogP contribution >= 0.6 is 0 Å². The van der Waals surface area contributed by atoms with Crippen LogP contribution in [-0.4, -0.2) is 12.5 Å². The van der Waals surface area contributed by atoms with Crippen LogP contribution < -0.4 is 10.6 Å². The summed E-state index contributed by atoms with van der Waals surface area (Å²) in [7, 11) is 0. The number of carbonyl (C=O) groups is 1. The topological polar surface area (TPSA) is 41.1 Å². The van der Waals surface area contributed by atoms with Gasteiger partial charge in [-0.05, 0) is 43.9 Å². The van der Waals surface area contributed by atoms with Crippen LogP contribution in [0.25, 0.3) is 0 Å². The van der Waals surface area contributed by atoms with Gasteiger partial charge < -0.3 is 10.6 Å². The SMILES string of the molecule is CCNCc1ccccc1NC(=O)CC1=CCCCC1. The molecule has 2 N–H and O–H groups in total. The van der Waals surface area contributed by atoms with Crippen molar-refractivity contribution < 1.29 is 4.79 Å². The Hall–Kier alpha value is -1.61. The fraction of sp³-hybridized carbons (Fsp3) is 0.471. The molecule has 1 aromatic rings. The minimum Gasteiger partial charge on any atom is -0.326 e. The quantitative estimate of drug-likeness (QED) is 0.776. The first-order valence-corrected chi connectivity index (χ1v) is 7.56. The molecule has 0 heterocycles. The van der Waals surface area contributed by atoms with Crippen molar-refractivity contribution in [3.63, 3.8) is 0 Å². The van der Waals surface area contributed by atoms with Crippen molar-refractivity contribution >= 4 is 11.6 Å². The second-order valence-corrected chi connectivity index (χ2v) is 5.27. The van der Waals surface area contributed by atoms with E-state index in [1.165, 1.54) is 18.4 Å². The Morgan fingerprint density at radius 3 is 2.85 bits per heavy atom. The van der Waals surface area contributed by atoms with Gasteiger partial charge in [0.05, 0.1) is 0 Å². The average molecular weight is 272 g/mol. The molecule has 0 unspecified atom stereocenters. The molecule has 0 aromatic heterocycles. The monoisotopic (exact) mass is 272 g/mol. The summed E-state index contributed by atoms with van der Waals surface area (Å²) >= 11 is 0. The number of hydrogen-bond acceptors (Lipinski definition) is 2. The lowest BCUT2D eigenvalue weighted by Crippen LogP contribution is -2.17. The third-order valence-electron chi connectivity index (χ3n) is 3.63. The Labute approximate surface area is 121 Å². The Balaban J connectivity index is 1.94. The summed E-state index contributed by atoms with van der Waals surface area (Å²) in [6, 6.07) is 7.99. The summed E-state index contributed by atoms with van der Waals surface area (Å²) in [6.45, 7) is 3.79. The van der Waals surface area contributed by atoms with Crippen molar-refractivity contribution in [2.24, 2.45) is 0 Å². The molecule has 1 amide bonds. The van der Waals surface area contributed by atoms with Crippen LogP contribution in [0, 0.1) is 0 Å². The first-order chi connectivity index (χ1) is 9.79. The summed E-state index contributed by atoms with van der Waals surface area (Å²) in [6.07, 6.45) is 7.45. The normalized spacial score (nSPS) is 14.8. The van der Waals surface area contributed by atoms with E-state index in [-0.39, 0.29) is 5.91 Å². The molecule has 0 aliphatic heterocycles. The zero-order valence-electron chi connectivity index (χ0n) is 12.2. The molecule has 0 radical (unpaired) electrons. The van der Waals surface area contributed by atoms with Crippen LogP contribution in [0.2, 0.25) is 0 Å². The molecular weight excluding hydrogens is 248 g/mol. The third-order valence-corrected chi connectivity index (χ3v) is 3.63. The van der Waals surface area contributed by atoms with Crippen molar-refractivity contribution in [3.05, 3.63) is 41.5 Å². The number of amides is 1. The summed E-state index contributed by atoms with van der Waals surface area (Å²) in [5.74, 6) is 0.0992. The molecule has 3 heteroatoms. The molecule has 0 saturated carbocycles. The molecule has 0 fully saturated rings. The van der Waals surface area contributed by atoms with E-state index >= 15 is 0 Å². The van der Waals surface area contributed by atoms with Gasteiger partial charge in [-0.1, -0.05) is 36.8 Å². The van der Waals surface area contributed by atoms with Crippen LogP contribution in [0.5, 0.6) is 0 Å². The molecule has 0 spiro atoms. The molecule has 20 heavy (non-hydrogen) atoms. The molecule has 108 valence electrons. The van der Waals surface area contributed by atoms with Gasteiger partial charge in [0, 0.05) is 18.7 Å². The summed E-state index contributed by atoms with van der Waals surface area (Å²) < 4.78 is 0. The largest absolute Gasteiger partial charge is 0.326 e. The molecule has 1 aliphatic rings. The van der Waals surface area contributed by atoms with Crippen molar-refractivity contribution in [1.29, 1.82) is 0 Å². The van der Waals surface area contributed by atoms with E-state index in [1.54, 1.807) is 0 Å². The maximum absolute atomic E-state index is 12.1. The van der Waals surface area contributed by atoms with Crippen LogP contribution in [0.4, 0.5) is 5.69 Å². The van der Waals surface area contributed by atoms with Gasteiger partial charge in [0.15, 0.2) is 0 Å². The van der Waals surface area contributed by atoms with E-state index in [1.807, 2.05) is 18.2 Å². The maximum atomic E-state index is 12.1. The predicted octanol–water partition coefficient (Wildman–Crippen LogP) is 3.63. The molecule has 3 nitrogen and oxygen atoms in total. The number of nitrogens with one attached hydrogen (secondary N) is 2. The molecule has 2 rings (SSSR count). The number of benzene rings is 1. The van der Waals surface area contributed by atoms with Crippen molar-refractivity contribution in [2.45, 2.75) is 45.6 Å². The van der Waals surface area contributed by atoms with E-state index in [4.69, 9.17) is 0 Å². The number of carbonyl (C=O) groups excluding carboxylic acids is 1. The highest BCUT2D eigenvalue weighted by Crippen LogP contribution is 2.21. The molecule has 0 bridgehead atoms.